The van der Waals surface area contributed by atoms with Gasteiger partial charge in [0.05, 0.1) is 6.10 Å². The Morgan fingerprint density at radius 3 is 2.80 bits per heavy atom. The van der Waals surface area contributed by atoms with Crippen molar-refractivity contribution in [3.8, 4) is 0 Å². The van der Waals surface area contributed by atoms with Crippen LogP contribution in [0.25, 0.3) is 0 Å². The SMILES string of the molecule is C=CC(=O)OC(CC)C[SiH3]. The van der Waals surface area contributed by atoms with E-state index in [0.717, 1.165) is 22.7 Å². The Bertz CT molecular complexity index is 119. The van der Waals surface area contributed by atoms with Crippen LogP contribution in [0.4, 0.5) is 0 Å². The minimum atomic E-state index is -0.303. The number of ether oxygens (including phenoxy) is 1. The largest absolute Gasteiger partial charge is 0.460 e. The molecule has 0 aliphatic heterocycles. The van der Waals surface area contributed by atoms with Crippen LogP contribution in [0.3, 0.4) is 0 Å². The number of esters is 1. The van der Waals surface area contributed by atoms with Gasteiger partial charge in [-0.3, -0.25) is 0 Å². The molecule has 0 aromatic carbocycles. The van der Waals surface area contributed by atoms with Crippen molar-refractivity contribution in [3.63, 3.8) is 0 Å². The van der Waals surface area contributed by atoms with E-state index in [1.165, 1.54) is 6.08 Å². The highest BCUT2D eigenvalue weighted by molar-refractivity contribution is 6.09. The van der Waals surface area contributed by atoms with Crippen LogP contribution in [-0.2, 0) is 9.53 Å². The third-order valence-electron chi connectivity index (χ3n) is 1.36. The molecule has 0 aliphatic rings. The lowest BCUT2D eigenvalue weighted by Gasteiger charge is -2.11. The lowest BCUT2D eigenvalue weighted by molar-refractivity contribution is -0.142. The molecule has 0 amide bonds. The average Bonchev–Trinajstić information content (AvgIpc) is 1.99. The molecule has 0 bridgehead atoms. The molecule has 0 saturated carbocycles. The van der Waals surface area contributed by atoms with Crippen LogP contribution < -0.4 is 0 Å². The first-order valence-corrected chi connectivity index (χ1v) is 4.99. The van der Waals surface area contributed by atoms with Crippen molar-refractivity contribution in [1.82, 2.24) is 0 Å². The Balaban J connectivity index is 3.62. The highest BCUT2D eigenvalue weighted by atomic mass is 28.1. The summed E-state index contributed by atoms with van der Waals surface area (Å²) in [5.74, 6) is -0.303. The van der Waals surface area contributed by atoms with E-state index in [9.17, 15) is 4.79 Å². The molecule has 0 heterocycles. The summed E-state index contributed by atoms with van der Waals surface area (Å²) in [6, 6.07) is 1.01. The summed E-state index contributed by atoms with van der Waals surface area (Å²) < 4.78 is 4.98. The molecule has 1 atom stereocenters. The molecule has 2 nitrogen and oxygen atoms in total. The number of hydrogen-bond acceptors (Lipinski definition) is 2. The fourth-order valence-electron chi connectivity index (χ4n) is 0.668. The van der Waals surface area contributed by atoms with Crippen LogP contribution in [0.2, 0.25) is 6.04 Å². The second kappa shape index (κ2) is 5.23. The number of rotatable bonds is 4. The zero-order valence-electron chi connectivity index (χ0n) is 6.59. The molecule has 0 saturated heterocycles. The van der Waals surface area contributed by atoms with Crippen LogP contribution in [0, 0.1) is 0 Å². The molecule has 0 fully saturated rings. The van der Waals surface area contributed by atoms with Crippen molar-refractivity contribution in [1.29, 1.82) is 0 Å². The molecule has 0 spiro atoms. The van der Waals surface area contributed by atoms with E-state index in [1.54, 1.807) is 0 Å². The van der Waals surface area contributed by atoms with Gasteiger partial charge in [-0.1, -0.05) is 13.5 Å². The van der Waals surface area contributed by atoms with Crippen molar-refractivity contribution in [2.75, 3.05) is 0 Å². The summed E-state index contributed by atoms with van der Waals surface area (Å²) in [5.41, 5.74) is 0. The lowest BCUT2D eigenvalue weighted by Crippen LogP contribution is -2.14. The molecule has 10 heavy (non-hydrogen) atoms. The summed E-state index contributed by atoms with van der Waals surface area (Å²) in [5, 5.41) is 0. The summed E-state index contributed by atoms with van der Waals surface area (Å²) in [6.07, 6.45) is 2.24. The Hall–Kier alpha value is -0.573. The molecular formula is C7H14O2Si. The molecule has 0 aromatic heterocycles. The fraction of sp³-hybridized carbons (Fsp3) is 0.571. The van der Waals surface area contributed by atoms with Crippen molar-refractivity contribution in [2.24, 2.45) is 0 Å². The zero-order chi connectivity index (χ0) is 7.98. The van der Waals surface area contributed by atoms with Gasteiger partial charge in [-0.2, -0.15) is 0 Å². The quantitative estimate of drug-likeness (QED) is 0.334. The highest BCUT2D eigenvalue weighted by Crippen LogP contribution is 2.01. The summed E-state index contributed by atoms with van der Waals surface area (Å²) in [7, 11) is 1.08. The lowest BCUT2D eigenvalue weighted by atomic mass is 10.3. The standard InChI is InChI=1S/C7H14O2Si/c1-3-6(5-10)9-7(8)4-2/h4,6H,2-3,5H2,1,10H3. The Morgan fingerprint density at radius 2 is 2.50 bits per heavy atom. The van der Waals surface area contributed by atoms with E-state index in [0.29, 0.717) is 0 Å². The van der Waals surface area contributed by atoms with Gasteiger partial charge < -0.3 is 4.74 Å². The Morgan fingerprint density at radius 1 is 1.90 bits per heavy atom. The van der Waals surface area contributed by atoms with Gasteiger partial charge in [-0.05, 0) is 12.5 Å². The van der Waals surface area contributed by atoms with Crippen LogP contribution >= 0.6 is 0 Å². The normalized spacial score (nSPS) is 12.5. The van der Waals surface area contributed by atoms with Gasteiger partial charge in [0.25, 0.3) is 0 Å². The second-order valence-electron chi connectivity index (χ2n) is 2.08. The predicted octanol–water partition coefficient (Wildman–Crippen LogP) is 0.278. The third-order valence-corrected chi connectivity index (χ3v) is 2.27. The molecule has 3 heteroatoms. The Kier molecular flexibility index (Phi) is 4.93. The van der Waals surface area contributed by atoms with Gasteiger partial charge in [0, 0.05) is 16.3 Å². The molecule has 0 aromatic rings. The van der Waals surface area contributed by atoms with Crippen LogP contribution in [0.5, 0.6) is 0 Å². The van der Waals surface area contributed by atoms with Crippen molar-refractivity contribution < 1.29 is 9.53 Å². The van der Waals surface area contributed by atoms with Gasteiger partial charge in [-0.25, -0.2) is 4.79 Å². The van der Waals surface area contributed by atoms with Crippen LogP contribution in [0.15, 0.2) is 12.7 Å². The van der Waals surface area contributed by atoms with Crippen LogP contribution in [-0.4, -0.2) is 22.3 Å². The molecule has 1 unspecified atom stereocenters. The molecular weight excluding hydrogens is 144 g/mol. The average molecular weight is 158 g/mol. The topological polar surface area (TPSA) is 26.3 Å². The maximum absolute atomic E-state index is 10.6. The van der Waals surface area contributed by atoms with Crippen molar-refractivity contribution >= 4 is 16.2 Å². The summed E-state index contributed by atoms with van der Waals surface area (Å²) >= 11 is 0. The summed E-state index contributed by atoms with van der Waals surface area (Å²) in [4.78, 5) is 10.6. The smallest absolute Gasteiger partial charge is 0.330 e. The monoisotopic (exact) mass is 158 g/mol. The predicted molar refractivity (Wildman–Crippen MR) is 45.1 cm³/mol. The number of carbonyl (C=O) groups is 1. The van der Waals surface area contributed by atoms with E-state index in [-0.39, 0.29) is 12.1 Å². The number of carbonyl (C=O) groups excluding carboxylic acids is 1. The molecule has 0 N–H and O–H groups in total. The first-order valence-electron chi connectivity index (χ1n) is 3.57. The molecule has 0 rings (SSSR count). The maximum atomic E-state index is 10.6. The first kappa shape index (κ1) is 9.43. The second-order valence-corrected chi connectivity index (χ2v) is 2.90. The minimum absolute atomic E-state index is 0.122. The van der Waals surface area contributed by atoms with E-state index < -0.39 is 0 Å². The van der Waals surface area contributed by atoms with Gasteiger partial charge >= 0.3 is 5.97 Å². The van der Waals surface area contributed by atoms with Gasteiger partial charge in [0.2, 0.25) is 0 Å². The van der Waals surface area contributed by atoms with E-state index in [4.69, 9.17) is 4.74 Å². The minimum Gasteiger partial charge on any atom is -0.460 e. The third kappa shape index (κ3) is 3.45. The van der Waals surface area contributed by atoms with Crippen molar-refractivity contribution in [2.45, 2.75) is 25.5 Å². The van der Waals surface area contributed by atoms with E-state index >= 15 is 0 Å². The van der Waals surface area contributed by atoms with E-state index in [1.807, 2.05) is 6.92 Å². The van der Waals surface area contributed by atoms with E-state index in [2.05, 4.69) is 6.58 Å². The van der Waals surface area contributed by atoms with Gasteiger partial charge in [0.1, 0.15) is 0 Å². The molecule has 0 radical (unpaired) electrons. The van der Waals surface area contributed by atoms with Gasteiger partial charge in [0.15, 0.2) is 0 Å². The molecule has 58 valence electrons. The highest BCUT2D eigenvalue weighted by Gasteiger charge is 2.05. The maximum Gasteiger partial charge on any atom is 0.330 e. The van der Waals surface area contributed by atoms with Gasteiger partial charge in [-0.15, -0.1) is 0 Å². The fourth-order valence-corrected chi connectivity index (χ4v) is 1.41. The first-order chi connectivity index (χ1) is 4.74. The Labute approximate surface area is 64.7 Å². The van der Waals surface area contributed by atoms with Crippen molar-refractivity contribution in [3.05, 3.63) is 12.7 Å². The van der Waals surface area contributed by atoms with Crippen LogP contribution in [0.1, 0.15) is 13.3 Å². The zero-order valence-corrected chi connectivity index (χ0v) is 8.59. The summed E-state index contributed by atoms with van der Waals surface area (Å²) in [6.45, 7) is 5.33. The number of hydrogen-bond donors (Lipinski definition) is 0. The molecule has 0 aliphatic carbocycles.